The van der Waals surface area contributed by atoms with E-state index in [0.717, 1.165) is 16.2 Å². The number of aliphatic hydroxyl groups is 1. The molecule has 2 heterocycles. The van der Waals surface area contributed by atoms with Crippen LogP contribution in [-0.2, 0) is 14.8 Å². The van der Waals surface area contributed by atoms with E-state index in [1.165, 1.54) is 10.4 Å². The van der Waals surface area contributed by atoms with Gasteiger partial charge in [-0.2, -0.15) is 17.5 Å². The largest absolute Gasteiger partial charge is 0.417 e. The maximum Gasteiger partial charge on any atom is 0.417 e. The summed E-state index contributed by atoms with van der Waals surface area (Å²) in [6.45, 7) is 0.511. The van der Waals surface area contributed by atoms with Crippen LogP contribution in [0.25, 0.3) is 0 Å². The molecule has 1 aromatic rings. The summed E-state index contributed by atoms with van der Waals surface area (Å²) in [7, 11) is -3.64. The third-order valence-electron chi connectivity index (χ3n) is 3.79. The first-order chi connectivity index (χ1) is 10.9. The van der Waals surface area contributed by atoms with Gasteiger partial charge in [0.05, 0.1) is 6.42 Å². The van der Waals surface area contributed by atoms with Crippen LogP contribution in [0.1, 0.15) is 13.3 Å². The topological polar surface area (TPSA) is 77.9 Å². The molecule has 1 aliphatic rings. The van der Waals surface area contributed by atoms with E-state index in [4.69, 9.17) is 0 Å². The smallest absolute Gasteiger partial charge is 0.380 e. The van der Waals surface area contributed by atoms with Gasteiger partial charge in [-0.05, 0) is 18.4 Å². The molecule has 0 aromatic carbocycles. The van der Waals surface area contributed by atoms with Crippen molar-refractivity contribution in [3.63, 3.8) is 0 Å². The Hall–Kier alpha value is -1.17. The standard InChI is InChI=1S/C13H17F3N2O4S2/c1-12(20,13(14,15)16)9-10(19)17-4-6-18(7-5-17)24(21,22)11-3-2-8-23-11/h2-3,8,20H,4-7,9H2,1H3/t12-/m1/s1. The van der Waals surface area contributed by atoms with Crippen LogP contribution in [0.3, 0.4) is 0 Å². The van der Waals surface area contributed by atoms with Crippen molar-refractivity contribution in [1.29, 1.82) is 0 Å². The highest BCUT2D eigenvalue weighted by Gasteiger charge is 2.51. The molecule has 1 aliphatic heterocycles. The van der Waals surface area contributed by atoms with Crippen LogP contribution in [-0.4, -0.2) is 66.6 Å². The van der Waals surface area contributed by atoms with Crippen molar-refractivity contribution >= 4 is 27.3 Å². The van der Waals surface area contributed by atoms with Crippen LogP contribution in [0, 0.1) is 0 Å². The Labute approximate surface area is 141 Å². The molecule has 1 fully saturated rings. The lowest BCUT2D eigenvalue weighted by Crippen LogP contribution is -2.53. The van der Waals surface area contributed by atoms with E-state index in [1.54, 1.807) is 11.4 Å². The van der Waals surface area contributed by atoms with Crippen LogP contribution < -0.4 is 0 Å². The minimum Gasteiger partial charge on any atom is -0.380 e. The Bertz CT molecular complexity index is 679. The number of hydrogen-bond acceptors (Lipinski definition) is 5. The van der Waals surface area contributed by atoms with Gasteiger partial charge in [-0.15, -0.1) is 11.3 Å². The normalized spacial score (nSPS) is 20.0. The summed E-state index contributed by atoms with van der Waals surface area (Å²) in [5.74, 6) is -0.856. The number of carbonyl (C=O) groups excluding carboxylic acids is 1. The third kappa shape index (κ3) is 3.90. The van der Waals surface area contributed by atoms with Crippen LogP contribution in [0.15, 0.2) is 21.7 Å². The highest BCUT2D eigenvalue weighted by molar-refractivity contribution is 7.91. The molecular formula is C13H17F3N2O4S2. The maximum absolute atomic E-state index is 12.6. The number of sulfonamides is 1. The number of piperazine rings is 1. The molecule has 24 heavy (non-hydrogen) atoms. The molecule has 0 radical (unpaired) electrons. The Kier molecular flexibility index (Phi) is 5.28. The second-order valence-corrected chi connectivity index (χ2v) is 8.78. The second kappa shape index (κ2) is 6.62. The zero-order valence-corrected chi connectivity index (χ0v) is 14.4. The highest BCUT2D eigenvalue weighted by Crippen LogP contribution is 2.33. The predicted molar refractivity (Wildman–Crippen MR) is 81.0 cm³/mol. The fourth-order valence-corrected chi connectivity index (χ4v) is 4.79. The van der Waals surface area contributed by atoms with Gasteiger partial charge < -0.3 is 10.0 Å². The van der Waals surface area contributed by atoms with E-state index in [2.05, 4.69) is 0 Å². The molecule has 1 aromatic heterocycles. The first kappa shape index (κ1) is 19.2. The number of hydrogen-bond donors (Lipinski definition) is 1. The van der Waals surface area contributed by atoms with E-state index in [1.807, 2.05) is 0 Å². The van der Waals surface area contributed by atoms with Crippen LogP contribution in [0.2, 0.25) is 0 Å². The molecule has 1 atom stereocenters. The Morgan fingerprint density at radius 1 is 1.29 bits per heavy atom. The summed E-state index contributed by atoms with van der Waals surface area (Å²) in [5.41, 5.74) is -3.11. The Balaban J connectivity index is 1.97. The van der Waals surface area contributed by atoms with Crippen molar-refractivity contribution in [1.82, 2.24) is 9.21 Å². The number of nitrogens with zero attached hydrogens (tertiary/aromatic N) is 2. The van der Waals surface area contributed by atoms with Crippen molar-refractivity contribution in [2.75, 3.05) is 26.2 Å². The lowest BCUT2D eigenvalue weighted by molar-refractivity contribution is -0.254. The molecule has 11 heteroatoms. The monoisotopic (exact) mass is 386 g/mol. The molecule has 1 saturated heterocycles. The molecule has 0 saturated carbocycles. The van der Waals surface area contributed by atoms with E-state index >= 15 is 0 Å². The molecule has 136 valence electrons. The van der Waals surface area contributed by atoms with Crippen LogP contribution in [0.4, 0.5) is 13.2 Å². The van der Waals surface area contributed by atoms with Gasteiger partial charge in [0.15, 0.2) is 5.60 Å². The van der Waals surface area contributed by atoms with Gasteiger partial charge in [-0.3, -0.25) is 4.79 Å². The molecule has 1 amide bonds. The minimum absolute atomic E-state index is 0.000133. The number of carbonyl (C=O) groups is 1. The van der Waals surface area contributed by atoms with Crippen molar-refractivity contribution < 1.29 is 31.5 Å². The Morgan fingerprint density at radius 2 is 1.88 bits per heavy atom. The van der Waals surface area contributed by atoms with Gasteiger partial charge in [-0.25, -0.2) is 8.42 Å². The average molecular weight is 386 g/mol. The molecule has 0 bridgehead atoms. The van der Waals surface area contributed by atoms with Gasteiger partial charge in [0.25, 0.3) is 10.0 Å². The average Bonchev–Trinajstić information content (AvgIpc) is 3.00. The zero-order chi connectivity index (χ0) is 18.2. The summed E-state index contributed by atoms with van der Waals surface area (Å²) < 4.78 is 63.9. The lowest BCUT2D eigenvalue weighted by atomic mass is 10.0. The second-order valence-electron chi connectivity index (χ2n) is 5.67. The van der Waals surface area contributed by atoms with Crippen LogP contribution in [0.5, 0.6) is 0 Å². The third-order valence-corrected chi connectivity index (χ3v) is 7.06. The molecular weight excluding hydrogens is 369 g/mol. The van der Waals surface area contributed by atoms with Gasteiger partial charge in [0.2, 0.25) is 5.91 Å². The van der Waals surface area contributed by atoms with E-state index < -0.39 is 34.1 Å². The van der Waals surface area contributed by atoms with Crippen molar-refractivity contribution in [2.45, 2.75) is 29.3 Å². The summed E-state index contributed by atoms with van der Waals surface area (Å²) in [4.78, 5) is 13.1. The predicted octanol–water partition coefficient (Wildman–Crippen LogP) is 1.28. The van der Waals surface area contributed by atoms with Gasteiger partial charge >= 0.3 is 6.18 Å². The maximum atomic E-state index is 12.6. The van der Waals surface area contributed by atoms with Gasteiger partial charge in [0.1, 0.15) is 4.21 Å². The first-order valence-corrected chi connectivity index (χ1v) is 9.38. The molecule has 1 N–H and O–H groups in total. The van der Waals surface area contributed by atoms with Crippen LogP contribution >= 0.6 is 11.3 Å². The molecule has 2 rings (SSSR count). The number of rotatable bonds is 4. The van der Waals surface area contributed by atoms with Crippen molar-refractivity contribution in [2.24, 2.45) is 0 Å². The fraction of sp³-hybridized carbons (Fsp3) is 0.615. The van der Waals surface area contributed by atoms with E-state index in [-0.39, 0.29) is 30.4 Å². The van der Waals surface area contributed by atoms with Gasteiger partial charge in [0, 0.05) is 26.2 Å². The number of thiophene rings is 1. The summed E-state index contributed by atoms with van der Waals surface area (Å²) in [6.07, 6.45) is -6.00. The lowest BCUT2D eigenvalue weighted by Gasteiger charge is -2.35. The summed E-state index contributed by atoms with van der Waals surface area (Å²) >= 11 is 1.07. The zero-order valence-electron chi connectivity index (χ0n) is 12.8. The highest BCUT2D eigenvalue weighted by atomic mass is 32.2. The van der Waals surface area contributed by atoms with E-state index in [0.29, 0.717) is 6.92 Å². The quantitative estimate of drug-likeness (QED) is 0.846. The Morgan fingerprint density at radius 3 is 2.33 bits per heavy atom. The first-order valence-electron chi connectivity index (χ1n) is 7.06. The molecule has 6 nitrogen and oxygen atoms in total. The molecule has 0 unspecified atom stereocenters. The molecule has 0 aliphatic carbocycles. The summed E-state index contributed by atoms with van der Waals surface area (Å²) in [5, 5.41) is 11.0. The molecule has 0 spiro atoms. The van der Waals surface area contributed by atoms with Crippen molar-refractivity contribution in [3.05, 3.63) is 17.5 Å². The SMILES string of the molecule is C[C@@](O)(CC(=O)N1CCN(S(=O)(=O)c2cccs2)CC1)C(F)(F)F. The van der Waals surface area contributed by atoms with Crippen molar-refractivity contribution in [3.8, 4) is 0 Å². The van der Waals surface area contributed by atoms with Gasteiger partial charge in [-0.1, -0.05) is 6.07 Å². The number of alkyl halides is 3. The fourth-order valence-electron chi connectivity index (χ4n) is 2.22. The number of amides is 1. The minimum atomic E-state index is -4.91. The number of halogens is 3. The van der Waals surface area contributed by atoms with E-state index in [9.17, 15) is 31.5 Å². The summed E-state index contributed by atoms with van der Waals surface area (Å²) in [6, 6.07) is 3.08.